The number of nitrogens with zero attached hydrogens (tertiary/aromatic N) is 6. The zero-order chi connectivity index (χ0) is 23.5. The Morgan fingerprint density at radius 2 is 2.06 bits per heavy atom. The summed E-state index contributed by atoms with van der Waals surface area (Å²) in [6.45, 7) is 2.76. The molecule has 0 bridgehead atoms. The fourth-order valence-electron chi connectivity index (χ4n) is 4.36. The summed E-state index contributed by atoms with van der Waals surface area (Å²) in [6.07, 6.45) is 8.68. The molecule has 3 aromatic rings. The first-order chi connectivity index (χ1) is 15.9. The molecule has 1 fully saturated rings. The molecule has 1 aliphatic rings. The van der Waals surface area contributed by atoms with Crippen molar-refractivity contribution in [2.24, 2.45) is 0 Å². The van der Waals surface area contributed by atoms with Gasteiger partial charge in [0.05, 0.1) is 30.6 Å². The Labute approximate surface area is 193 Å². The van der Waals surface area contributed by atoms with Gasteiger partial charge in [-0.3, -0.25) is 9.48 Å². The molecule has 10 nitrogen and oxygen atoms in total. The van der Waals surface area contributed by atoms with E-state index in [1.54, 1.807) is 37.0 Å². The van der Waals surface area contributed by atoms with E-state index in [0.717, 1.165) is 48.0 Å². The van der Waals surface area contributed by atoms with Crippen molar-refractivity contribution in [2.75, 3.05) is 33.1 Å². The Bertz CT molecular complexity index is 1100. The van der Waals surface area contributed by atoms with Gasteiger partial charge in [0.15, 0.2) is 0 Å². The number of aliphatic hydroxyl groups excluding tert-OH is 1. The Balaban J connectivity index is 1.71. The lowest BCUT2D eigenvalue weighted by atomic mass is 9.85. The zero-order valence-corrected chi connectivity index (χ0v) is 19.7. The van der Waals surface area contributed by atoms with Gasteiger partial charge in [0.2, 0.25) is 11.9 Å². The Kier molecular flexibility index (Phi) is 6.94. The van der Waals surface area contributed by atoms with Crippen LogP contribution in [0.2, 0.25) is 0 Å². The second kappa shape index (κ2) is 9.88. The first-order valence-corrected chi connectivity index (χ1v) is 11.4. The van der Waals surface area contributed by atoms with Crippen molar-refractivity contribution >= 4 is 17.4 Å². The number of anilines is 1. The molecular formula is C23H33N7O3. The van der Waals surface area contributed by atoms with Crippen LogP contribution in [0.5, 0.6) is 0 Å². The van der Waals surface area contributed by atoms with Gasteiger partial charge in [-0.05, 0) is 38.7 Å². The van der Waals surface area contributed by atoms with Crippen molar-refractivity contribution in [3.8, 4) is 11.1 Å². The molecule has 0 aliphatic heterocycles. The lowest BCUT2D eigenvalue weighted by Gasteiger charge is -2.25. The third kappa shape index (κ3) is 5.17. The summed E-state index contributed by atoms with van der Waals surface area (Å²) in [5.74, 6) is 0.829. The molecule has 3 heterocycles. The molecule has 33 heavy (non-hydrogen) atoms. The average Bonchev–Trinajstić information content (AvgIpc) is 3.38. The molecule has 0 unspecified atom stereocenters. The van der Waals surface area contributed by atoms with E-state index in [1.165, 1.54) is 0 Å². The number of hydrogen-bond acceptors (Lipinski definition) is 7. The topological polar surface area (TPSA) is 110 Å². The Morgan fingerprint density at radius 3 is 2.76 bits per heavy atom. The number of aliphatic hydroxyl groups is 1. The van der Waals surface area contributed by atoms with Crippen molar-refractivity contribution in [1.29, 1.82) is 0 Å². The van der Waals surface area contributed by atoms with Crippen molar-refractivity contribution in [3.63, 3.8) is 0 Å². The Hall–Kier alpha value is -2.98. The quantitative estimate of drug-likeness (QED) is 0.535. The minimum absolute atomic E-state index is 0.0166. The van der Waals surface area contributed by atoms with Crippen molar-refractivity contribution in [3.05, 3.63) is 30.4 Å². The molecule has 1 atom stereocenters. The fraction of sp³-hybridized carbons (Fsp3) is 0.565. The van der Waals surface area contributed by atoms with Crippen LogP contribution in [-0.2, 0) is 16.1 Å². The predicted octanol–water partition coefficient (Wildman–Crippen LogP) is 2.15. The summed E-state index contributed by atoms with van der Waals surface area (Å²) in [7, 11) is 5.14. The van der Waals surface area contributed by atoms with E-state index < -0.39 is 0 Å². The molecule has 1 aliphatic carbocycles. The Morgan fingerprint density at radius 1 is 1.30 bits per heavy atom. The summed E-state index contributed by atoms with van der Waals surface area (Å²) in [5.41, 5.74) is 3.89. The summed E-state index contributed by atoms with van der Waals surface area (Å²) < 4.78 is 8.83. The van der Waals surface area contributed by atoms with Gasteiger partial charge in [0, 0.05) is 56.2 Å². The van der Waals surface area contributed by atoms with Crippen LogP contribution in [0.4, 0.5) is 5.95 Å². The lowest BCUT2D eigenvalue weighted by molar-refractivity contribution is -0.129. The van der Waals surface area contributed by atoms with E-state index in [1.807, 2.05) is 23.8 Å². The fourth-order valence-corrected chi connectivity index (χ4v) is 4.36. The first kappa shape index (κ1) is 23.2. The third-order valence-corrected chi connectivity index (χ3v) is 6.19. The van der Waals surface area contributed by atoms with E-state index in [-0.39, 0.29) is 24.6 Å². The van der Waals surface area contributed by atoms with Gasteiger partial charge in [-0.1, -0.05) is 0 Å². The van der Waals surface area contributed by atoms with Crippen molar-refractivity contribution < 1.29 is 14.6 Å². The van der Waals surface area contributed by atoms with E-state index in [0.29, 0.717) is 18.5 Å². The number of hydrogen-bond donors (Lipinski definition) is 2. The maximum atomic E-state index is 12.1. The number of nitrogens with one attached hydrogen (secondary N) is 1. The lowest BCUT2D eigenvalue weighted by Crippen LogP contribution is -2.26. The van der Waals surface area contributed by atoms with Crippen LogP contribution in [0.3, 0.4) is 0 Å². The van der Waals surface area contributed by atoms with Crippen LogP contribution >= 0.6 is 0 Å². The molecule has 178 valence electrons. The van der Waals surface area contributed by atoms with Gasteiger partial charge in [0.25, 0.3) is 0 Å². The summed E-state index contributed by atoms with van der Waals surface area (Å²) in [4.78, 5) is 18.2. The van der Waals surface area contributed by atoms with Gasteiger partial charge in [-0.15, -0.1) is 5.10 Å². The summed E-state index contributed by atoms with van der Waals surface area (Å²) in [6, 6.07) is 2.23. The summed E-state index contributed by atoms with van der Waals surface area (Å²) >= 11 is 0. The highest BCUT2D eigenvalue weighted by Gasteiger charge is 2.26. The van der Waals surface area contributed by atoms with Gasteiger partial charge in [-0.25, -0.2) is 9.50 Å². The van der Waals surface area contributed by atoms with E-state index in [2.05, 4.69) is 21.5 Å². The van der Waals surface area contributed by atoms with Crippen molar-refractivity contribution in [2.45, 2.75) is 57.2 Å². The molecule has 10 heteroatoms. The number of rotatable bonds is 8. The SMILES string of the molecule is COC[C@H](C)Nc1ncc2c(-c3cnn(CC(=O)N(C)C)c3)cc(C3CCC(O)CC3)n2n1. The maximum Gasteiger partial charge on any atom is 0.243 e. The van der Waals surface area contributed by atoms with Crippen LogP contribution in [0.25, 0.3) is 16.6 Å². The number of aromatic nitrogens is 5. The minimum atomic E-state index is -0.221. The standard InChI is InChI=1S/C23H33N7O3/c1-15(14-33-4)26-23-24-11-21-19(17-10-25-29(12-17)13-22(32)28(2)3)9-20(30(21)27-23)16-5-7-18(31)8-6-16/h9-12,15-16,18,31H,5-8,13-14H2,1-4H3,(H,26,27)/t15-,16?,18?/m0/s1. The van der Waals surface area contributed by atoms with Crippen LogP contribution in [0, 0.1) is 0 Å². The average molecular weight is 456 g/mol. The molecule has 1 saturated carbocycles. The monoisotopic (exact) mass is 455 g/mol. The minimum Gasteiger partial charge on any atom is -0.393 e. The number of methoxy groups -OCH3 is 1. The molecule has 0 spiro atoms. The van der Waals surface area contributed by atoms with Crippen LogP contribution in [0.15, 0.2) is 24.7 Å². The largest absolute Gasteiger partial charge is 0.393 e. The highest BCUT2D eigenvalue weighted by Crippen LogP contribution is 2.37. The van der Waals surface area contributed by atoms with Crippen LogP contribution in [0.1, 0.15) is 44.2 Å². The van der Waals surface area contributed by atoms with E-state index in [4.69, 9.17) is 9.84 Å². The molecule has 0 saturated heterocycles. The van der Waals surface area contributed by atoms with Gasteiger partial charge < -0.3 is 20.1 Å². The number of fused-ring (bicyclic) bond motifs is 1. The molecule has 3 aromatic heterocycles. The molecule has 0 aromatic carbocycles. The highest BCUT2D eigenvalue weighted by molar-refractivity contribution is 5.81. The number of amides is 1. The maximum absolute atomic E-state index is 12.1. The molecule has 1 amide bonds. The smallest absolute Gasteiger partial charge is 0.243 e. The molecule has 4 rings (SSSR count). The van der Waals surface area contributed by atoms with Gasteiger partial charge >= 0.3 is 0 Å². The van der Waals surface area contributed by atoms with E-state index in [9.17, 15) is 9.90 Å². The number of likely N-dealkylation sites (N-methyl/N-ethyl adjacent to an activating group) is 1. The third-order valence-electron chi connectivity index (χ3n) is 6.19. The van der Waals surface area contributed by atoms with Crippen LogP contribution in [-0.4, -0.2) is 80.2 Å². The first-order valence-electron chi connectivity index (χ1n) is 11.4. The number of carbonyl (C=O) groups excluding carboxylic acids is 1. The van der Waals surface area contributed by atoms with Gasteiger partial charge in [-0.2, -0.15) is 5.10 Å². The molecule has 2 N–H and O–H groups in total. The molecular weight excluding hydrogens is 422 g/mol. The second-order valence-corrected chi connectivity index (χ2v) is 9.08. The van der Waals surface area contributed by atoms with E-state index >= 15 is 0 Å². The predicted molar refractivity (Wildman–Crippen MR) is 125 cm³/mol. The normalized spacial score (nSPS) is 19.5. The van der Waals surface area contributed by atoms with Crippen molar-refractivity contribution in [1.82, 2.24) is 29.3 Å². The second-order valence-electron chi connectivity index (χ2n) is 9.08. The number of ether oxygens (including phenoxy) is 1. The summed E-state index contributed by atoms with van der Waals surface area (Å²) in [5, 5.41) is 22.5. The highest BCUT2D eigenvalue weighted by atomic mass is 16.5. The number of carbonyl (C=O) groups is 1. The molecule has 0 radical (unpaired) electrons. The zero-order valence-electron chi connectivity index (χ0n) is 19.7. The van der Waals surface area contributed by atoms with Crippen LogP contribution < -0.4 is 5.32 Å². The van der Waals surface area contributed by atoms with Gasteiger partial charge in [0.1, 0.15) is 6.54 Å².